The minimum atomic E-state index is -0.532. The van der Waals surface area contributed by atoms with E-state index in [4.69, 9.17) is 4.42 Å². The van der Waals surface area contributed by atoms with Crippen molar-refractivity contribution < 1.29 is 9.52 Å². The minimum absolute atomic E-state index is 0.159. The Morgan fingerprint density at radius 3 is 2.47 bits per heavy atom. The van der Waals surface area contributed by atoms with Gasteiger partial charge in [0.05, 0.1) is 0 Å². The average Bonchev–Trinajstić information content (AvgIpc) is 2.80. The number of aliphatic hydroxyl groups is 1. The molecule has 0 aliphatic heterocycles. The first kappa shape index (κ1) is 14.1. The normalized spacial score (nSPS) is 14.3. The first-order valence-corrected chi connectivity index (χ1v) is 7.07. The van der Waals surface area contributed by atoms with E-state index >= 15 is 0 Å². The molecule has 2 rings (SSSR count). The number of aliphatic hydroxyl groups excluding tert-OH is 1. The Bertz CT molecular complexity index is 564. The lowest BCUT2D eigenvalue weighted by atomic mass is 9.82. The SMILES string of the molecule is CCC(C)(C)c1ccc2oc(C(O)C(C)C)cc2c1. The molecule has 2 nitrogen and oxygen atoms in total. The van der Waals surface area contributed by atoms with Gasteiger partial charge in [-0.05, 0) is 41.5 Å². The van der Waals surface area contributed by atoms with Crippen molar-refractivity contribution in [1.82, 2.24) is 0 Å². The number of hydrogen-bond acceptors (Lipinski definition) is 2. The lowest BCUT2D eigenvalue weighted by Gasteiger charge is -2.23. The highest BCUT2D eigenvalue weighted by atomic mass is 16.4. The Morgan fingerprint density at radius 1 is 1.21 bits per heavy atom. The predicted octanol–water partition coefficient (Wildman–Crippen LogP) is 4.81. The Morgan fingerprint density at radius 2 is 1.89 bits per heavy atom. The zero-order chi connectivity index (χ0) is 14.2. The summed E-state index contributed by atoms with van der Waals surface area (Å²) in [6, 6.07) is 8.29. The molecule has 0 bridgehead atoms. The first-order valence-electron chi connectivity index (χ1n) is 7.07. The van der Waals surface area contributed by atoms with E-state index in [1.54, 1.807) is 0 Å². The van der Waals surface area contributed by atoms with Crippen LogP contribution in [-0.2, 0) is 5.41 Å². The highest BCUT2D eigenvalue weighted by Gasteiger charge is 2.20. The Labute approximate surface area is 115 Å². The lowest BCUT2D eigenvalue weighted by molar-refractivity contribution is 0.104. The summed E-state index contributed by atoms with van der Waals surface area (Å²) in [5.41, 5.74) is 2.33. The molecule has 104 valence electrons. The molecular formula is C17H24O2. The van der Waals surface area contributed by atoms with Crippen molar-refractivity contribution in [3.8, 4) is 0 Å². The maximum atomic E-state index is 10.1. The fourth-order valence-electron chi connectivity index (χ4n) is 2.16. The zero-order valence-electron chi connectivity index (χ0n) is 12.5. The van der Waals surface area contributed by atoms with E-state index in [9.17, 15) is 5.11 Å². The number of benzene rings is 1. The first-order chi connectivity index (χ1) is 8.85. The van der Waals surface area contributed by atoms with E-state index in [1.165, 1.54) is 5.56 Å². The molecule has 1 heterocycles. The van der Waals surface area contributed by atoms with Gasteiger partial charge in [0.25, 0.3) is 0 Å². The molecule has 1 aromatic heterocycles. The summed E-state index contributed by atoms with van der Waals surface area (Å²) >= 11 is 0. The Hall–Kier alpha value is -1.28. The van der Waals surface area contributed by atoms with Crippen LogP contribution in [0.25, 0.3) is 11.0 Å². The topological polar surface area (TPSA) is 33.4 Å². The smallest absolute Gasteiger partial charge is 0.134 e. The van der Waals surface area contributed by atoms with E-state index in [0.29, 0.717) is 5.76 Å². The largest absolute Gasteiger partial charge is 0.458 e. The molecule has 19 heavy (non-hydrogen) atoms. The third-order valence-electron chi connectivity index (χ3n) is 4.12. The minimum Gasteiger partial charge on any atom is -0.458 e. The van der Waals surface area contributed by atoms with Gasteiger partial charge in [-0.3, -0.25) is 0 Å². The van der Waals surface area contributed by atoms with Crippen LogP contribution in [0.2, 0.25) is 0 Å². The van der Waals surface area contributed by atoms with Gasteiger partial charge in [0.15, 0.2) is 0 Å². The van der Waals surface area contributed by atoms with Gasteiger partial charge in [-0.1, -0.05) is 40.7 Å². The summed E-state index contributed by atoms with van der Waals surface area (Å²) in [7, 11) is 0. The number of fused-ring (bicyclic) bond motifs is 1. The third-order valence-corrected chi connectivity index (χ3v) is 4.12. The maximum absolute atomic E-state index is 10.1. The molecule has 0 aliphatic carbocycles. The van der Waals surface area contributed by atoms with Crippen molar-refractivity contribution >= 4 is 11.0 Å². The van der Waals surface area contributed by atoms with Crippen LogP contribution in [0.5, 0.6) is 0 Å². The van der Waals surface area contributed by atoms with Gasteiger partial charge < -0.3 is 9.52 Å². The number of hydrogen-bond donors (Lipinski definition) is 1. The summed E-state index contributed by atoms with van der Waals surface area (Å²) in [5.74, 6) is 0.823. The van der Waals surface area contributed by atoms with Gasteiger partial charge in [-0.25, -0.2) is 0 Å². The molecule has 0 saturated carbocycles. The van der Waals surface area contributed by atoms with Crippen LogP contribution in [0, 0.1) is 5.92 Å². The molecular weight excluding hydrogens is 236 g/mol. The van der Waals surface area contributed by atoms with Crippen molar-refractivity contribution in [3.05, 3.63) is 35.6 Å². The van der Waals surface area contributed by atoms with E-state index in [1.807, 2.05) is 26.0 Å². The van der Waals surface area contributed by atoms with E-state index in [-0.39, 0.29) is 11.3 Å². The number of furan rings is 1. The second kappa shape index (κ2) is 5.01. The van der Waals surface area contributed by atoms with Gasteiger partial charge in [0.2, 0.25) is 0 Å². The summed E-state index contributed by atoms with van der Waals surface area (Å²) in [6.07, 6.45) is 0.563. The van der Waals surface area contributed by atoms with E-state index in [2.05, 4.69) is 32.9 Å². The molecule has 2 aromatic rings. The Kier molecular flexibility index (Phi) is 3.73. The fourth-order valence-corrected chi connectivity index (χ4v) is 2.16. The molecule has 1 atom stereocenters. The standard InChI is InChI=1S/C17H24O2/c1-6-17(4,5)13-7-8-14-12(9-13)10-15(19-14)16(18)11(2)3/h7-11,16,18H,6H2,1-5H3. The van der Waals surface area contributed by atoms with Gasteiger partial charge in [0, 0.05) is 5.39 Å². The summed E-state index contributed by atoms with van der Waals surface area (Å²) in [6.45, 7) is 10.7. The van der Waals surface area contributed by atoms with Crippen molar-refractivity contribution in [2.45, 2.75) is 52.6 Å². The van der Waals surface area contributed by atoms with Crippen molar-refractivity contribution in [2.24, 2.45) is 5.92 Å². The van der Waals surface area contributed by atoms with Gasteiger partial charge in [-0.15, -0.1) is 0 Å². The molecule has 0 radical (unpaired) electrons. The summed E-state index contributed by atoms with van der Waals surface area (Å²) in [4.78, 5) is 0. The highest BCUT2D eigenvalue weighted by Crippen LogP contribution is 2.33. The van der Waals surface area contributed by atoms with Gasteiger partial charge >= 0.3 is 0 Å². The molecule has 1 aromatic carbocycles. The second-order valence-electron chi connectivity index (χ2n) is 6.33. The van der Waals surface area contributed by atoms with Crippen LogP contribution in [0.1, 0.15) is 58.5 Å². The van der Waals surface area contributed by atoms with Crippen LogP contribution >= 0.6 is 0 Å². The molecule has 0 aliphatic rings. The molecule has 0 amide bonds. The maximum Gasteiger partial charge on any atom is 0.134 e. The molecule has 0 spiro atoms. The average molecular weight is 260 g/mol. The second-order valence-corrected chi connectivity index (χ2v) is 6.33. The molecule has 0 saturated heterocycles. The Balaban J connectivity index is 2.44. The van der Waals surface area contributed by atoms with Crippen LogP contribution in [0.15, 0.2) is 28.7 Å². The van der Waals surface area contributed by atoms with Crippen molar-refractivity contribution in [1.29, 1.82) is 0 Å². The quantitative estimate of drug-likeness (QED) is 0.855. The van der Waals surface area contributed by atoms with Crippen molar-refractivity contribution in [3.63, 3.8) is 0 Å². The van der Waals surface area contributed by atoms with Gasteiger partial charge in [-0.2, -0.15) is 0 Å². The number of rotatable bonds is 4. The van der Waals surface area contributed by atoms with Crippen LogP contribution in [0.3, 0.4) is 0 Å². The van der Waals surface area contributed by atoms with Crippen LogP contribution in [0.4, 0.5) is 0 Å². The lowest BCUT2D eigenvalue weighted by Crippen LogP contribution is -2.14. The third kappa shape index (κ3) is 2.69. The summed E-state index contributed by atoms with van der Waals surface area (Å²) in [5, 5.41) is 11.2. The molecule has 1 unspecified atom stereocenters. The highest BCUT2D eigenvalue weighted by molar-refractivity contribution is 5.79. The molecule has 2 heteroatoms. The predicted molar refractivity (Wildman–Crippen MR) is 79.3 cm³/mol. The monoisotopic (exact) mass is 260 g/mol. The van der Waals surface area contributed by atoms with Crippen LogP contribution < -0.4 is 0 Å². The molecule has 1 N–H and O–H groups in total. The zero-order valence-corrected chi connectivity index (χ0v) is 12.5. The summed E-state index contributed by atoms with van der Waals surface area (Å²) < 4.78 is 5.74. The van der Waals surface area contributed by atoms with Crippen LogP contribution in [-0.4, -0.2) is 5.11 Å². The van der Waals surface area contributed by atoms with Gasteiger partial charge in [0.1, 0.15) is 17.4 Å². The van der Waals surface area contributed by atoms with E-state index in [0.717, 1.165) is 17.4 Å². The van der Waals surface area contributed by atoms with E-state index < -0.39 is 6.10 Å². The van der Waals surface area contributed by atoms with Crippen molar-refractivity contribution in [2.75, 3.05) is 0 Å². The fraction of sp³-hybridized carbons (Fsp3) is 0.529. The molecule has 0 fully saturated rings.